The maximum atomic E-state index is 13.6. The highest BCUT2D eigenvalue weighted by Gasteiger charge is 2.38. The summed E-state index contributed by atoms with van der Waals surface area (Å²) < 4.78 is 118. The van der Waals surface area contributed by atoms with Gasteiger partial charge in [0.25, 0.3) is 5.91 Å². The number of pyridine rings is 1. The molecule has 34 heavy (non-hydrogen) atoms. The predicted octanol–water partition coefficient (Wildman–Crippen LogP) is 3.76. The number of hydrogen-bond donors (Lipinski definition) is 3. The average Bonchev–Trinajstić information content (AvgIpc) is 2.66. The van der Waals surface area contributed by atoms with E-state index in [0.29, 0.717) is 12.1 Å². The van der Waals surface area contributed by atoms with Gasteiger partial charge in [-0.3, -0.25) is 20.4 Å². The Labute approximate surface area is 185 Å². The number of carbonyl (C=O) groups is 2. The molecule has 0 spiro atoms. The van der Waals surface area contributed by atoms with Crippen LogP contribution in [0.4, 0.5) is 51.0 Å². The summed E-state index contributed by atoms with van der Waals surface area (Å²) >= 11 is 0. The number of benzene rings is 1. The van der Waals surface area contributed by atoms with Gasteiger partial charge in [-0.15, -0.1) is 0 Å². The molecule has 0 saturated carbocycles. The van der Waals surface area contributed by atoms with E-state index in [4.69, 9.17) is 0 Å². The summed E-state index contributed by atoms with van der Waals surface area (Å²) in [5, 5.41) is 1.38. The summed E-state index contributed by atoms with van der Waals surface area (Å²) in [5.41, 5.74) is 1.50. The Bertz CT molecular complexity index is 1040. The lowest BCUT2D eigenvalue weighted by atomic mass is 10.1. The van der Waals surface area contributed by atoms with Crippen molar-refractivity contribution in [3.8, 4) is 0 Å². The van der Waals surface area contributed by atoms with Gasteiger partial charge < -0.3 is 10.2 Å². The van der Waals surface area contributed by atoms with Crippen LogP contribution in [0.3, 0.4) is 0 Å². The predicted molar refractivity (Wildman–Crippen MR) is 102 cm³/mol. The lowest BCUT2D eigenvalue weighted by Gasteiger charge is -2.27. The first-order valence-electron chi connectivity index (χ1n) is 9.14. The molecule has 0 radical (unpaired) electrons. The SMILES string of the molecule is CC(=O)NCC(=O)NNc1cc(C(F)(F)F)c2cc(N(CC(F)(F)F)CC(F)(F)F)ccc2n1. The van der Waals surface area contributed by atoms with E-state index in [1.807, 2.05) is 5.43 Å². The summed E-state index contributed by atoms with van der Waals surface area (Å²) in [7, 11) is 0. The van der Waals surface area contributed by atoms with E-state index in [1.54, 1.807) is 0 Å². The molecule has 0 unspecified atom stereocenters. The molecule has 0 bridgehead atoms. The normalized spacial score (nSPS) is 12.4. The van der Waals surface area contributed by atoms with Crippen molar-refractivity contribution in [1.82, 2.24) is 15.7 Å². The van der Waals surface area contributed by atoms with Gasteiger partial charge in [-0.05, 0) is 24.3 Å². The minimum atomic E-state index is -5.07. The van der Waals surface area contributed by atoms with Gasteiger partial charge in [0.15, 0.2) is 0 Å². The fraction of sp³-hybridized carbons (Fsp3) is 0.389. The van der Waals surface area contributed by atoms with Crippen molar-refractivity contribution < 1.29 is 49.1 Å². The molecule has 0 saturated heterocycles. The second kappa shape index (κ2) is 9.80. The monoisotopic (exact) mass is 505 g/mol. The Balaban J connectivity index is 2.45. The van der Waals surface area contributed by atoms with Crippen LogP contribution < -0.4 is 21.1 Å². The van der Waals surface area contributed by atoms with Crippen LogP contribution in [0.5, 0.6) is 0 Å². The molecule has 1 heterocycles. The molecular weight excluding hydrogens is 489 g/mol. The molecule has 3 N–H and O–H groups in total. The number of rotatable bonds is 7. The van der Waals surface area contributed by atoms with Gasteiger partial charge in [0.05, 0.1) is 17.6 Å². The fourth-order valence-corrected chi connectivity index (χ4v) is 2.76. The van der Waals surface area contributed by atoms with Gasteiger partial charge in [-0.25, -0.2) is 4.98 Å². The molecule has 2 aromatic rings. The average molecular weight is 505 g/mol. The van der Waals surface area contributed by atoms with E-state index >= 15 is 0 Å². The quantitative estimate of drug-likeness (QED) is 0.394. The standard InChI is InChI=1S/C18H16F9N5O2/c1-9(33)28-6-15(34)31-30-14-5-12(18(25,26)27)11-4-10(2-3-13(11)29-14)32(7-16(19,20)21)8-17(22,23)24/h2-5H,6-8H2,1H3,(H,28,33)(H,29,30)(H,31,34). The van der Waals surface area contributed by atoms with Crippen LogP contribution in [0.25, 0.3) is 10.9 Å². The van der Waals surface area contributed by atoms with Crippen molar-refractivity contribution >= 4 is 34.2 Å². The van der Waals surface area contributed by atoms with Crippen LogP contribution in [0.2, 0.25) is 0 Å². The van der Waals surface area contributed by atoms with Crippen LogP contribution >= 0.6 is 0 Å². The maximum absolute atomic E-state index is 13.6. The van der Waals surface area contributed by atoms with Gasteiger partial charge in [-0.2, -0.15) is 39.5 Å². The van der Waals surface area contributed by atoms with Crippen LogP contribution in [0.1, 0.15) is 12.5 Å². The van der Waals surface area contributed by atoms with E-state index in [1.165, 1.54) is 0 Å². The number of halogens is 9. The van der Waals surface area contributed by atoms with Gasteiger partial charge in [0, 0.05) is 18.0 Å². The summed E-state index contributed by atoms with van der Waals surface area (Å²) in [4.78, 5) is 26.0. The lowest BCUT2D eigenvalue weighted by Crippen LogP contribution is -2.40. The number of hydrogen-bond acceptors (Lipinski definition) is 5. The highest BCUT2D eigenvalue weighted by molar-refractivity contribution is 5.88. The zero-order chi connectivity index (χ0) is 25.9. The molecule has 7 nitrogen and oxygen atoms in total. The minimum Gasteiger partial charge on any atom is -0.353 e. The van der Waals surface area contributed by atoms with E-state index < -0.39 is 77.9 Å². The minimum absolute atomic E-state index is 0.145. The second-order valence-corrected chi connectivity index (χ2v) is 6.92. The maximum Gasteiger partial charge on any atom is 0.417 e. The molecular formula is C18H16F9N5O2. The Morgan fingerprint density at radius 2 is 1.53 bits per heavy atom. The molecule has 1 aromatic heterocycles. The van der Waals surface area contributed by atoms with E-state index in [2.05, 4.69) is 15.7 Å². The molecule has 1 aromatic carbocycles. The molecule has 0 atom stereocenters. The number of nitrogens with zero attached hydrogens (tertiary/aromatic N) is 2. The third-order valence-electron chi connectivity index (χ3n) is 4.03. The summed E-state index contributed by atoms with van der Waals surface area (Å²) in [6, 6.07) is 2.54. The molecule has 16 heteroatoms. The summed E-state index contributed by atoms with van der Waals surface area (Å²) in [6.07, 6.45) is -15.2. The molecule has 188 valence electrons. The first-order chi connectivity index (χ1) is 15.4. The molecule has 0 aliphatic rings. The number of carbonyl (C=O) groups excluding carboxylic acids is 2. The van der Waals surface area contributed by atoms with Crippen molar-refractivity contribution in [1.29, 1.82) is 0 Å². The van der Waals surface area contributed by atoms with Gasteiger partial charge in [0.2, 0.25) is 5.91 Å². The first-order valence-corrected chi connectivity index (χ1v) is 9.14. The van der Waals surface area contributed by atoms with E-state index in [0.717, 1.165) is 19.1 Å². The van der Waals surface area contributed by atoms with Gasteiger partial charge in [-0.1, -0.05) is 0 Å². The van der Waals surface area contributed by atoms with Crippen molar-refractivity contribution in [3.63, 3.8) is 0 Å². The van der Waals surface area contributed by atoms with Crippen molar-refractivity contribution in [3.05, 3.63) is 29.8 Å². The lowest BCUT2D eigenvalue weighted by molar-refractivity contribution is -0.138. The number of aromatic nitrogens is 1. The molecule has 0 aliphatic heterocycles. The van der Waals surface area contributed by atoms with Crippen LogP contribution in [-0.4, -0.2) is 48.8 Å². The van der Waals surface area contributed by atoms with Crippen LogP contribution in [0.15, 0.2) is 24.3 Å². The molecule has 2 amide bonds. The first kappa shape index (κ1) is 26.8. The number of amides is 2. The second-order valence-electron chi connectivity index (χ2n) is 6.92. The number of alkyl halides is 9. The highest BCUT2D eigenvalue weighted by Crippen LogP contribution is 2.38. The summed E-state index contributed by atoms with van der Waals surface area (Å²) in [6.45, 7) is -3.47. The van der Waals surface area contributed by atoms with Crippen LogP contribution in [-0.2, 0) is 15.8 Å². The zero-order valence-corrected chi connectivity index (χ0v) is 17.0. The molecule has 0 aliphatic carbocycles. The Morgan fingerprint density at radius 3 is 2.03 bits per heavy atom. The highest BCUT2D eigenvalue weighted by atomic mass is 19.4. The largest absolute Gasteiger partial charge is 0.417 e. The Hall–Kier alpha value is -3.46. The molecule has 0 fully saturated rings. The van der Waals surface area contributed by atoms with Crippen LogP contribution in [0, 0.1) is 0 Å². The Morgan fingerprint density at radius 1 is 0.941 bits per heavy atom. The topological polar surface area (TPSA) is 86.4 Å². The van der Waals surface area contributed by atoms with Gasteiger partial charge >= 0.3 is 18.5 Å². The zero-order valence-electron chi connectivity index (χ0n) is 17.0. The van der Waals surface area contributed by atoms with E-state index in [-0.39, 0.29) is 4.90 Å². The third kappa shape index (κ3) is 8.15. The number of nitrogens with one attached hydrogen (secondary N) is 3. The molecule has 2 rings (SSSR count). The number of anilines is 2. The Kier molecular flexibility index (Phi) is 7.72. The van der Waals surface area contributed by atoms with Crippen molar-refractivity contribution in [2.75, 3.05) is 30.0 Å². The number of fused-ring (bicyclic) bond motifs is 1. The fourth-order valence-electron chi connectivity index (χ4n) is 2.76. The van der Waals surface area contributed by atoms with Crippen molar-refractivity contribution in [2.45, 2.75) is 25.5 Å². The van der Waals surface area contributed by atoms with Crippen molar-refractivity contribution in [2.24, 2.45) is 0 Å². The van der Waals surface area contributed by atoms with E-state index in [9.17, 15) is 49.1 Å². The smallest absolute Gasteiger partial charge is 0.353 e. The summed E-state index contributed by atoms with van der Waals surface area (Å²) in [5.74, 6) is -1.90. The number of hydrazine groups is 1. The van der Waals surface area contributed by atoms with Gasteiger partial charge in [0.1, 0.15) is 18.9 Å². The third-order valence-corrected chi connectivity index (χ3v) is 4.03.